The highest BCUT2D eigenvalue weighted by Gasteiger charge is 2.27. The Kier molecular flexibility index (Phi) is 43.0. The molecule has 0 bridgehead atoms. The zero-order chi connectivity index (χ0) is 60.8. The zero-order valence-corrected chi connectivity index (χ0v) is 56.4. The van der Waals surface area contributed by atoms with Gasteiger partial charge in [-0.25, -0.2) is 0 Å². The Hall–Kier alpha value is -3.79. The van der Waals surface area contributed by atoms with E-state index in [9.17, 15) is 14.4 Å². The van der Waals surface area contributed by atoms with Crippen LogP contribution in [0.5, 0.6) is 0 Å². The van der Waals surface area contributed by atoms with E-state index >= 15 is 0 Å². The third kappa shape index (κ3) is 38.8. The Morgan fingerprint density at radius 3 is 1.19 bits per heavy atom. The van der Waals surface area contributed by atoms with Gasteiger partial charge in [0.15, 0.2) is 5.78 Å². The van der Waals surface area contributed by atoms with Crippen LogP contribution in [0.3, 0.4) is 0 Å². The normalized spacial score (nSPS) is 16.9. The van der Waals surface area contributed by atoms with Crippen molar-refractivity contribution < 1.29 is 14.4 Å². The summed E-state index contributed by atoms with van der Waals surface area (Å²) in [5.41, 5.74) is 10.5. The van der Waals surface area contributed by atoms with Gasteiger partial charge in [-0.2, -0.15) is 0 Å². The van der Waals surface area contributed by atoms with Crippen molar-refractivity contribution in [2.75, 3.05) is 6.54 Å². The van der Waals surface area contributed by atoms with Gasteiger partial charge in [0.25, 0.3) is 0 Å². The summed E-state index contributed by atoms with van der Waals surface area (Å²) in [5, 5.41) is 3.05. The Morgan fingerprint density at radius 1 is 0.458 bits per heavy atom. The first-order valence-corrected chi connectivity index (χ1v) is 35.1. The lowest BCUT2D eigenvalue weighted by Gasteiger charge is -2.33. The molecule has 0 aromatic carbocycles. The number of Topliss-reactive ketones (excluding diaryl/α,β-unsaturated/α-hetero) is 1. The summed E-state index contributed by atoms with van der Waals surface area (Å²) in [6, 6.07) is 0. The maximum atomic E-state index is 13.8. The van der Waals surface area contributed by atoms with Gasteiger partial charge in [0.05, 0.1) is 0 Å². The lowest BCUT2D eigenvalue weighted by Crippen LogP contribution is -2.23. The van der Waals surface area contributed by atoms with E-state index in [0.717, 1.165) is 36.8 Å². The van der Waals surface area contributed by atoms with Gasteiger partial charge in [-0.1, -0.05) is 310 Å². The minimum absolute atomic E-state index is 0.0115. The van der Waals surface area contributed by atoms with Crippen LogP contribution < -0.4 is 5.32 Å². The standard InChI is InChI=1S/C79H131NO3/c1-12-13-14-15-16-17-18-19-20-21-22-23-24-25-26-27-28-29-30-31-32-33-34-35-36-37-38-39-40-41-55-76(82)72(65-73(81)63-68(4)50-44-48-66(2)56-58-74-70(6)52-46-60-78(74,8)9)54-42-43-62-80-77(83)64-69(5)51-45-49-67(3)57-59-75-71(7)53-47-61-79(75,10)11/h44-45,48-51,56-59,63-64,72H,12-43,46-47,52-55,60-62,65H2,1-11H3,(H,80,83)/b50-44+,51-45+,58-56+,59-57+,66-48+,67-49+,68-63+,69-64+. The van der Waals surface area contributed by atoms with E-state index in [1.54, 1.807) is 12.2 Å². The first-order chi connectivity index (χ1) is 39.9. The summed E-state index contributed by atoms with van der Waals surface area (Å²) >= 11 is 0. The number of rotatable bonds is 49. The smallest absolute Gasteiger partial charge is 0.244 e. The van der Waals surface area contributed by atoms with Crippen LogP contribution in [0, 0.1) is 16.7 Å². The lowest BCUT2D eigenvalue weighted by atomic mass is 9.72. The van der Waals surface area contributed by atoms with E-state index in [0.29, 0.717) is 19.4 Å². The molecule has 0 heterocycles. The predicted molar refractivity (Wildman–Crippen MR) is 366 cm³/mol. The van der Waals surface area contributed by atoms with Crippen molar-refractivity contribution in [3.05, 3.63) is 117 Å². The van der Waals surface area contributed by atoms with Crippen LogP contribution in [0.1, 0.15) is 339 Å². The van der Waals surface area contributed by atoms with Gasteiger partial charge in [-0.05, 0) is 139 Å². The van der Waals surface area contributed by atoms with Gasteiger partial charge < -0.3 is 5.32 Å². The van der Waals surface area contributed by atoms with E-state index in [-0.39, 0.29) is 40.6 Å². The fraction of sp³-hybridized carbons (Fsp3) is 0.709. The largest absolute Gasteiger partial charge is 0.353 e. The minimum atomic E-state index is -0.294. The molecule has 4 nitrogen and oxygen atoms in total. The number of hydrogen-bond donors (Lipinski definition) is 1. The number of hydrogen-bond acceptors (Lipinski definition) is 3. The average Bonchev–Trinajstić information content (AvgIpc) is 3.50. The summed E-state index contributed by atoms with van der Waals surface area (Å²) in [6.45, 7) is 24.9. The van der Waals surface area contributed by atoms with E-state index < -0.39 is 0 Å². The van der Waals surface area contributed by atoms with Crippen LogP contribution >= 0.6 is 0 Å². The Morgan fingerprint density at radius 2 is 0.819 bits per heavy atom. The van der Waals surface area contributed by atoms with Crippen LogP contribution in [0.15, 0.2) is 117 Å². The number of amides is 1. The van der Waals surface area contributed by atoms with Gasteiger partial charge >= 0.3 is 0 Å². The molecule has 0 aliphatic heterocycles. The number of carbonyl (C=O) groups excluding carboxylic acids is 3. The van der Waals surface area contributed by atoms with Crippen molar-refractivity contribution in [3.8, 4) is 0 Å². The third-order valence-corrected chi connectivity index (χ3v) is 18.3. The molecule has 4 heteroatoms. The molecule has 1 atom stereocenters. The minimum Gasteiger partial charge on any atom is -0.353 e. The van der Waals surface area contributed by atoms with Crippen molar-refractivity contribution in [1.29, 1.82) is 0 Å². The van der Waals surface area contributed by atoms with Crippen LogP contribution in [-0.2, 0) is 14.4 Å². The third-order valence-electron chi connectivity index (χ3n) is 18.3. The second kappa shape index (κ2) is 47.4. The highest BCUT2D eigenvalue weighted by atomic mass is 16.1. The second-order valence-electron chi connectivity index (χ2n) is 27.5. The molecule has 0 radical (unpaired) electrons. The number of carbonyl (C=O) groups is 3. The summed E-state index contributed by atoms with van der Waals surface area (Å²) in [4.78, 5) is 40.1. The first kappa shape index (κ1) is 75.3. The molecule has 0 saturated heterocycles. The fourth-order valence-corrected chi connectivity index (χ4v) is 12.8. The number of unbranched alkanes of at least 4 members (excludes halogenated alkanes) is 30. The fourth-order valence-electron chi connectivity index (χ4n) is 12.8. The number of allylic oxidation sites excluding steroid dienone is 19. The molecule has 83 heavy (non-hydrogen) atoms. The molecule has 1 unspecified atom stereocenters. The highest BCUT2D eigenvalue weighted by Crippen LogP contribution is 2.42. The topological polar surface area (TPSA) is 63.2 Å². The van der Waals surface area contributed by atoms with Crippen LogP contribution in [-0.4, -0.2) is 24.0 Å². The molecule has 0 fully saturated rings. The molecule has 0 saturated carbocycles. The quantitative estimate of drug-likeness (QED) is 0.0375. The Balaban J connectivity index is 1.71. The molecule has 0 spiro atoms. The Bertz CT molecular complexity index is 2120. The van der Waals surface area contributed by atoms with Gasteiger partial charge in [0.1, 0.15) is 5.78 Å². The molecule has 1 amide bonds. The second-order valence-corrected chi connectivity index (χ2v) is 27.5. The molecular formula is C79H131NO3. The summed E-state index contributed by atoms with van der Waals surface area (Å²) < 4.78 is 0. The van der Waals surface area contributed by atoms with Gasteiger partial charge in [0, 0.05) is 31.4 Å². The molecule has 2 aliphatic rings. The van der Waals surface area contributed by atoms with Crippen molar-refractivity contribution in [2.45, 2.75) is 339 Å². The summed E-state index contributed by atoms with van der Waals surface area (Å²) in [6.07, 6.45) is 76.3. The molecule has 2 aliphatic carbocycles. The number of nitrogens with one attached hydrogen (secondary N) is 1. The van der Waals surface area contributed by atoms with Crippen LogP contribution in [0.2, 0.25) is 0 Å². The van der Waals surface area contributed by atoms with Crippen molar-refractivity contribution in [1.82, 2.24) is 5.32 Å². The predicted octanol–water partition coefficient (Wildman–Crippen LogP) is 24.6. The molecule has 0 aromatic rings. The Labute approximate surface area is 514 Å². The summed E-state index contributed by atoms with van der Waals surface area (Å²) in [7, 11) is 0. The number of ketones is 2. The van der Waals surface area contributed by atoms with Crippen molar-refractivity contribution in [2.24, 2.45) is 16.7 Å². The van der Waals surface area contributed by atoms with Crippen molar-refractivity contribution in [3.63, 3.8) is 0 Å². The maximum absolute atomic E-state index is 13.8. The molecule has 470 valence electrons. The highest BCUT2D eigenvalue weighted by molar-refractivity contribution is 5.94. The monoisotopic (exact) mass is 1140 g/mol. The van der Waals surface area contributed by atoms with Gasteiger partial charge in [0.2, 0.25) is 5.91 Å². The SMILES string of the molecule is CCCCCCCCCCCCCCCCCCCCCCCCCCCCCCCCC(=O)C(CCCCNC(=O)/C=C(C)/C=C/C=C(C)/C=C/C1=C(C)CCCC1(C)C)CC(=O)/C=C(C)/C=C/C=C(C)/C=C/C1=C(C)CCCC1(C)C. The van der Waals surface area contributed by atoms with E-state index in [2.05, 4.69) is 104 Å². The lowest BCUT2D eigenvalue weighted by molar-refractivity contribution is -0.126. The van der Waals surface area contributed by atoms with E-state index in [1.807, 2.05) is 38.2 Å². The van der Waals surface area contributed by atoms with Crippen LogP contribution in [0.4, 0.5) is 0 Å². The molecule has 2 rings (SSSR count). The van der Waals surface area contributed by atoms with Gasteiger partial charge in [-0.15, -0.1) is 0 Å². The average molecular weight is 1140 g/mol. The molecule has 1 N–H and O–H groups in total. The zero-order valence-electron chi connectivity index (χ0n) is 56.4. The summed E-state index contributed by atoms with van der Waals surface area (Å²) in [5.74, 6) is -0.171. The van der Waals surface area contributed by atoms with Crippen LogP contribution in [0.25, 0.3) is 0 Å². The van der Waals surface area contributed by atoms with Gasteiger partial charge in [-0.3, -0.25) is 14.4 Å². The van der Waals surface area contributed by atoms with E-state index in [1.165, 1.54) is 252 Å². The van der Waals surface area contributed by atoms with Crippen molar-refractivity contribution >= 4 is 17.5 Å². The maximum Gasteiger partial charge on any atom is 0.244 e. The molecular weight excluding hydrogens is 1010 g/mol. The molecule has 0 aromatic heterocycles. The first-order valence-electron chi connectivity index (χ1n) is 35.1. The van der Waals surface area contributed by atoms with E-state index in [4.69, 9.17) is 0 Å².